The normalized spacial score (nSPS) is 21.0. The van der Waals surface area contributed by atoms with Gasteiger partial charge in [0, 0.05) is 37.9 Å². The Bertz CT molecular complexity index is 694. The molecular weight excluding hydrogens is 278 g/mol. The summed E-state index contributed by atoms with van der Waals surface area (Å²) in [6.45, 7) is 5.49. The molecule has 1 saturated heterocycles. The lowest BCUT2D eigenvalue weighted by atomic mass is 9.88. The quantitative estimate of drug-likeness (QED) is 0.898. The van der Waals surface area contributed by atoms with Crippen LogP contribution in [0.25, 0.3) is 0 Å². The number of aromatic nitrogens is 3. The summed E-state index contributed by atoms with van der Waals surface area (Å²) in [5, 5.41) is 10.6. The van der Waals surface area contributed by atoms with Crippen molar-refractivity contribution in [2.45, 2.75) is 19.8 Å². The Balaban J connectivity index is 1.80. The van der Waals surface area contributed by atoms with E-state index in [1.807, 2.05) is 37.8 Å². The Kier molecular flexibility index (Phi) is 3.94. The number of amides is 1. The Hall–Kier alpha value is -2.21. The van der Waals surface area contributed by atoms with Crippen molar-refractivity contribution in [1.29, 1.82) is 0 Å². The maximum atomic E-state index is 12.7. The maximum Gasteiger partial charge on any atom is 0.229 e. The summed E-state index contributed by atoms with van der Waals surface area (Å²) in [6, 6.07) is 1.89. The third-order valence-corrected chi connectivity index (χ3v) is 4.52. The highest BCUT2D eigenvalue weighted by atomic mass is 16.2. The summed E-state index contributed by atoms with van der Waals surface area (Å²) in [5.41, 5.74) is 4.06. The molecule has 2 aromatic heterocycles. The predicted molar refractivity (Wildman–Crippen MR) is 84.6 cm³/mol. The lowest BCUT2D eigenvalue weighted by Gasteiger charge is -2.18. The third-order valence-electron chi connectivity index (χ3n) is 4.52. The minimum atomic E-state index is -0.0949. The molecule has 0 spiro atoms. The van der Waals surface area contributed by atoms with Gasteiger partial charge in [-0.2, -0.15) is 5.10 Å². The Morgan fingerprint density at radius 1 is 1.36 bits per heavy atom. The summed E-state index contributed by atoms with van der Waals surface area (Å²) in [4.78, 5) is 16.7. The second-order valence-corrected chi connectivity index (χ2v) is 5.86. The van der Waals surface area contributed by atoms with Gasteiger partial charge in [-0.05, 0) is 31.0 Å². The summed E-state index contributed by atoms with van der Waals surface area (Å²) >= 11 is 0. The van der Waals surface area contributed by atoms with Crippen molar-refractivity contribution < 1.29 is 4.79 Å². The van der Waals surface area contributed by atoms with Crippen LogP contribution in [0.15, 0.2) is 24.7 Å². The van der Waals surface area contributed by atoms with E-state index in [2.05, 4.69) is 20.7 Å². The van der Waals surface area contributed by atoms with Crippen LogP contribution in [-0.2, 0) is 11.8 Å². The van der Waals surface area contributed by atoms with E-state index in [0.29, 0.717) is 6.54 Å². The van der Waals surface area contributed by atoms with Gasteiger partial charge in [0.15, 0.2) is 0 Å². The van der Waals surface area contributed by atoms with Crippen LogP contribution in [0.3, 0.4) is 0 Å². The first-order valence-electron chi connectivity index (χ1n) is 7.48. The van der Waals surface area contributed by atoms with Crippen LogP contribution in [0.1, 0.15) is 22.7 Å². The first-order chi connectivity index (χ1) is 10.6. The van der Waals surface area contributed by atoms with Gasteiger partial charge in [0.25, 0.3) is 0 Å². The van der Waals surface area contributed by atoms with Gasteiger partial charge >= 0.3 is 0 Å². The molecule has 1 aliphatic rings. The summed E-state index contributed by atoms with van der Waals surface area (Å²) < 4.78 is 1.86. The lowest BCUT2D eigenvalue weighted by Crippen LogP contribution is -2.28. The molecule has 1 amide bonds. The molecule has 6 heteroatoms. The molecule has 22 heavy (non-hydrogen) atoms. The minimum Gasteiger partial charge on any atom is -0.324 e. The van der Waals surface area contributed by atoms with Crippen LogP contribution < -0.4 is 10.6 Å². The van der Waals surface area contributed by atoms with Crippen LogP contribution >= 0.6 is 0 Å². The fourth-order valence-electron chi connectivity index (χ4n) is 2.98. The van der Waals surface area contributed by atoms with Crippen LogP contribution in [-0.4, -0.2) is 33.8 Å². The van der Waals surface area contributed by atoms with E-state index in [1.165, 1.54) is 0 Å². The van der Waals surface area contributed by atoms with Crippen molar-refractivity contribution in [1.82, 2.24) is 20.1 Å². The zero-order valence-electron chi connectivity index (χ0n) is 13.1. The summed E-state index contributed by atoms with van der Waals surface area (Å²) in [5.74, 6) is 0.0996. The highest BCUT2D eigenvalue weighted by Gasteiger charge is 2.35. The largest absolute Gasteiger partial charge is 0.324 e. The number of nitrogens with one attached hydrogen (secondary N) is 2. The molecule has 2 atom stereocenters. The molecule has 1 aliphatic heterocycles. The monoisotopic (exact) mass is 299 g/mol. The summed E-state index contributed by atoms with van der Waals surface area (Å²) in [6.07, 6.45) is 5.30. The number of anilines is 1. The van der Waals surface area contributed by atoms with Crippen molar-refractivity contribution in [2.75, 3.05) is 18.4 Å². The average molecular weight is 299 g/mol. The molecule has 0 saturated carbocycles. The smallest absolute Gasteiger partial charge is 0.229 e. The molecule has 1 fully saturated rings. The van der Waals surface area contributed by atoms with E-state index in [9.17, 15) is 4.79 Å². The molecule has 0 aromatic carbocycles. The maximum absolute atomic E-state index is 12.7. The molecule has 2 aromatic rings. The van der Waals surface area contributed by atoms with Crippen LogP contribution in [0.5, 0.6) is 0 Å². The molecule has 3 rings (SSSR count). The van der Waals surface area contributed by atoms with Crippen molar-refractivity contribution >= 4 is 11.6 Å². The first kappa shape index (κ1) is 14.7. The third kappa shape index (κ3) is 2.62. The Morgan fingerprint density at radius 3 is 2.86 bits per heavy atom. The molecule has 0 aliphatic carbocycles. The van der Waals surface area contributed by atoms with E-state index >= 15 is 0 Å². The molecule has 116 valence electrons. The van der Waals surface area contributed by atoms with Crippen molar-refractivity contribution in [2.24, 2.45) is 13.0 Å². The van der Waals surface area contributed by atoms with E-state index in [0.717, 1.165) is 29.1 Å². The van der Waals surface area contributed by atoms with Gasteiger partial charge in [-0.15, -0.1) is 0 Å². The fourth-order valence-corrected chi connectivity index (χ4v) is 2.98. The van der Waals surface area contributed by atoms with Crippen molar-refractivity contribution in [3.05, 3.63) is 41.5 Å². The first-order valence-corrected chi connectivity index (χ1v) is 7.48. The van der Waals surface area contributed by atoms with Gasteiger partial charge in [0.2, 0.25) is 5.91 Å². The molecule has 0 radical (unpaired) electrons. The van der Waals surface area contributed by atoms with E-state index < -0.39 is 0 Å². The van der Waals surface area contributed by atoms with Gasteiger partial charge in [-0.3, -0.25) is 14.5 Å². The molecular formula is C16H21N5O. The number of aryl methyl sites for hydroxylation is 2. The number of rotatable bonds is 3. The van der Waals surface area contributed by atoms with Gasteiger partial charge in [-0.25, -0.2) is 0 Å². The predicted octanol–water partition coefficient (Wildman–Crippen LogP) is 1.37. The lowest BCUT2D eigenvalue weighted by molar-refractivity contribution is -0.119. The van der Waals surface area contributed by atoms with E-state index in [-0.39, 0.29) is 17.7 Å². The minimum absolute atomic E-state index is 0.0364. The zero-order chi connectivity index (χ0) is 15.7. The van der Waals surface area contributed by atoms with Crippen molar-refractivity contribution in [3.63, 3.8) is 0 Å². The highest BCUT2D eigenvalue weighted by molar-refractivity contribution is 5.94. The Labute approximate surface area is 129 Å². The number of carbonyl (C=O) groups excluding carboxylic acids is 1. The van der Waals surface area contributed by atoms with Gasteiger partial charge in [0.05, 0.1) is 24.0 Å². The van der Waals surface area contributed by atoms with Crippen LogP contribution in [0.2, 0.25) is 0 Å². The van der Waals surface area contributed by atoms with Crippen LogP contribution in [0, 0.1) is 19.8 Å². The van der Waals surface area contributed by atoms with Crippen LogP contribution in [0.4, 0.5) is 5.69 Å². The average Bonchev–Trinajstić information content (AvgIpc) is 3.09. The number of pyridine rings is 1. The molecule has 6 nitrogen and oxygen atoms in total. The summed E-state index contributed by atoms with van der Waals surface area (Å²) in [7, 11) is 1.93. The Morgan fingerprint density at radius 2 is 2.18 bits per heavy atom. The second kappa shape index (κ2) is 5.88. The number of nitrogens with zero attached hydrogens (tertiary/aromatic N) is 3. The second-order valence-electron chi connectivity index (χ2n) is 5.86. The molecule has 3 heterocycles. The molecule has 0 bridgehead atoms. The topological polar surface area (TPSA) is 71.8 Å². The highest BCUT2D eigenvalue weighted by Crippen LogP contribution is 2.31. The van der Waals surface area contributed by atoms with Gasteiger partial charge < -0.3 is 10.6 Å². The number of hydrogen-bond donors (Lipinski definition) is 2. The SMILES string of the molecule is Cc1ccncc1NC(=O)[C@H]1CNC[C@@H]1c1cnn(C)c1C. The van der Waals surface area contributed by atoms with E-state index in [4.69, 9.17) is 0 Å². The zero-order valence-corrected chi connectivity index (χ0v) is 13.1. The van der Waals surface area contributed by atoms with Gasteiger partial charge in [-0.1, -0.05) is 0 Å². The standard InChI is InChI=1S/C16H21N5O/c1-10-4-5-17-9-15(10)20-16(22)14-7-18-6-13(14)12-8-19-21(3)11(12)2/h4-5,8-9,13-14,18H,6-7H2,1-3H3,(H,20,22)/t13-,14+/m1/s1. The van der Waals surface area contributed by atoms with E-state index in [1.54, 1.807) is 12.4 Å². The number of hydrogen-bond acceptors (Lipinski definition) is 4. The number of carbonyl (C=O) groups is 1. The molecule has 0 unspecified atom stereocenters. The van der Waals surface area contributed by atoms with Crippen molar-refractivity contribution in [3.8, 4) is 0 Å². The van der Waals surface area contributed by atoms with Gasteiger partial charge in [0.1, 0.15) is 0 Å². The fraction of sp³-hybridized carbons (Fsp3) is 0.438. The molecule has 2 N–H and O–H groups in total.